The molecule has 0 heterocycles. The largest absolute Gasteiger partial charge is 0.445 e. The van der Waals surface area contributed by atoms with Gasteiger partial charge in [-0.25, -0.2) is 9.59 Å². The van der Waals surface area contributed by atoms with E-state index >= 15 is 0 Å². The minimum Gasteiger partial charge on any atom is -0.445 e. The van der Waals surface area contributed by atoms with Crippen molar-refractivity contribution in [3.8, 4) is 5.75 Å². The Morgan fingerprint density at radius 3 is 1.97 bits per heavy atom. The molecule has 0 aliphatic rings. The molecule has 2 rings (SSSR count). The molecular weight excluding hydrogens is 495 g/mol. The number of alkyl carbamates (subject to hydrolysis) is 1. The SMILES string of the molecule is CC(C)C[C@H](NC(=O)OCc1ccccc1)C(=O)Oc1c(Cl)c(Cl)c(Cl)c(Cl)c1Cl. The molecule has 2 aromatic rings. The highest BCUT2D eigenvalue weighted by Crippen LogP contribution is 2.48. The van der Waals surface area contributed by atoms with Crippen LogP contribution >= 0.6 is 58.0 Å². The summed E-state index contributed by atoms with van der Waals surface area (Å²) in [6, 6.07) is 8.10. The van der Waals surface area contributed by atoms with E-state index in [4.69, 9.17) is 67.5 Å². The molecule has 0 spiro atoms. The lowest BCUT2D eigenvalue weighted by atomic mass is 10.0. The van der Waals surface area contributed by atoms with E-state index in [1.54, 1.807) is 0 Å². The summed E-state index contributed by atoms with van der Waals surface area (Å²) in [5.41, 5.74) is 0.805. The zero-order valence-electron chi connectivity index (χ0n) is 16.0. The number of ether oxygens (including phenoxy) is 2. The fraction of sp³-hybridized carbons (Fsp3) is 0.300. The fourth-order valence-corrected chi connectivity index (χ4v) is 3.64. The number of nitrogens with one attached hydrogen (secondary N) is 1. The molecule has 0 unspecified atom stereocenters. The molecule has 10 heteroatoms. The van der Waals surface area contributed by atoms with Crippen molar-refractivity contribution in [3.63, 3.8) is 0 Å². The maximum absolute atomic E-state index is 12.7. The van der Waals surface area contributed by atoms with Crippen LogP contribution in [0.3, 0.4) is 0 Å². The summed E-state index contributed by atoms with van der Waals surface area (Å²) >= 11 is 30.2. The zero-order chi connectivity index (χ0) is 22.4. The molecule has 5 nitrogen and oxygen atoms in total. The number of hydrogen-bond donors (Lipinski definition) is 1. The summed E-state index contributed by atoms with van der Waals surface area (Å²) in [5.74, 6) is -0.991. The topological polar surface area (TPSA) is 64.6 Å². The van der Waals surface area contributed by atoms with Crippen molar-refractivity contribution in [1.29, 1.82) is 0 Å². The maximum Gasteiger partial charge on any atom is 0.408 e. The summed E-state index contributed by atoms with van der Waals surface area (Å²) < 4.78 is 10.5. The van der Waals surface area contributed by atoms with Gasteiger partial charge in [-0.15, -0.1) is 0 Å². The summed E-state index contributed by atoms with van der Waals surface area (Å²) in [6.45, 7) is 3.82. The number of halogens is 5. The van der Waals surface area contributed by atoms with Crippen molar-refractivity contribution in [2.24, 2.45) is 5.92 Å². The van der Waals surface area contributed by atoms with E-state index in [2.05, 4.69) is 5.32 Å². The fourth-order valence-electron chi connectivity index (χ4n) is 2.44. The van der Waals surface area contributed by atoms with Crippen LogP contribution in [0.15, 0.2) is 30.3 Å². The monoisotopic (exact) mass is 511 g/mol. The Kier molecular flexibility index (Phi) is 9.38. The average Bonchev–Trinajstić information content (AvgIpc) is 2.72. The predicted molar refractivity (Wildman–Crippen MR) is 120 cm³/mol. The first kappa shape index (κ1) is 24.9. The molecule has 162 valence electrons. The first-order chi connectivity index (χ1) is 14.1. The van der Waals surface area contributed by atoms with Gasteiger partial charge in [-0.1, -0.05) is 102 Å². The molecule has 0 aromatic heterocycles. The number of esters is 1. The quantitative estimate of drug-likeness (QED) is 0.184. The predicted octanol–water partition coefficient (Wildman–Crippen LogP) is 7.20. The third kappa shape index (κ3) is 6.56. The molecule has 2 aromatic carbocycles. The number of carbonyl (C=O) groups excluding carboxylic acids is 2. The molecule has 1 amide bonds. The van der Waals surface area contributed by atoms with Gasteiger partial charge < -0.3 is 14.8 Å². The van der Waals surface area contributed by atoms with Crippen LogP contribution in [0.5, 0.6) is 5.75 Å². The van der Waals surface area contributed by atoms with Crippen LogP contribution in [0, 0.1) is 5.92 Å². The van der Waals surface area contributed by atoms with E-state index in [9.17, 15) is 9.59 Å². The Hall–Kier alpha value is -1.37. The molecule has 1 N–H and O–H groups in total. The Morgan fingerprint density at radius 2 is 1.43 bits per heavy atom. The van der Waals surface area contributed by atoms with E-state index in [0.717, 1.165) is 5.56 Å². The van der Waals surface area contributed by atoms with Crippen LogP contribution in [0.4, 0.5) is 4.79 Å². The average molecular weight is 514 g/mol. The molecule has 0 aliphatic heterocycles. The van der Waals surface area contributed by atoms with E-state index in [-0.39, 0.29) is 49.8 Å². The van der Waals surface area contributed by atoms with Gasteiger partial charge in [0.1, 0.15) is 22.7 Å². The van der Waals surface area contributed by atoms with Crippen LogP contribution in [-0.2, 0) is 16.1 Å². The van der Waals surface area contributed by atoms with Crippen LogP contribution < -0.4 is 10.1 Å². The lowest BCUT2D eigenvalue weighted by Crippen LogP contribution is -2.44. The third-order valence-corrected chi connectivity index (χ3v) is 6.11. The number of hydrogen-bond acceptors (Lipinski definition) is 4. The Morgan fingerprint density at radius 1 is 0.900 bits per heavy atom. The van der Waals surface area contributed by atoms with E-state index < -0.39 is 18.1 Å². The van der Waals surface area contributed by atoms with Crippen LogP contribution in [0.2, 0.25) is 25.1 Å². The van der Waals surface area contributed by atoms with Crippen LogP contribution in [0.1, 0.15) is 25.8 Å². The summed E-state index contributed by atoms with van der Waals surface area (Å²) in [6.07, 6.45) is -0.491. The lowest BCUT2D eigenvalue weighted by Gasteiger charge is -2.20. The van der Waals surface area contributed by atoms with Crippen molar-refractivity contribution in [3.05, 3.63) is 61.0 Å². The van der Waals surface area contributed by atoms with Gasteiger partial charge in [-0.05, 0) is 17.9 Å². The minimum absolute atomic E-state index is 0.0518. The van der Waals surface area contributed by atoms with Crippen molar-refractivity contribution >= 4 is 70.1 Å². The standard InChI is InChI=1S/C20H18Cl5NO4/c1-10(2)8-12(26-20(28)29-9-11-6-4-3-5-7-11)19(27)30-18-16(24)14(22)13(21)15(23)17(18)25/h3-7,10,12H,8-9H2,1-2H3,(H,26,28)/t12-/m0/s1. The normalized spacial score (nSPS) is 11.9. The van der Waals surface area contributed by atoms with Crippen molar-refractivity contribution < 1.29 is 19.1 Å². The second kappa shape index (κ2) is 11.3. The molecular formula is C20H18Cl5NO4. The van der Waals surface area contributed by atoms with Gasteiger partial charge in [0.05, 0.1) is 15.1 Å². The molecule has 30 heavy (non-hydrogen) atoms. The smallest absolute Gasteiger partial charge is 0.408 e. The number of rotatable bonds is 7. The highest BCUT2D eigenvalue weighted by molar-refractivity contribution is 6.55. The number of amides is 1. The van der Waals surface area contributed by atoms with Gasteiger partial charge in [0.2, 0.25) is 0 Å². The molecule has 0 saturated carbocycles. The van der Waals surface area contributed by atoms with Gasteiger partial charge >= 0.3 is 12.1 Å². The van der Waals surface area contributed by atoms with Crippen molar-refractivity contribution in [2.45, 2.75) is 32.9 Å². The summed E-state index contributed by atoms with van der Waals surface area (Å²) in [4.78, 5) is 24.9. The number of carbonyl (C=O) groups is 2. The molecule has 1 atom stereocenters. The second-order valence-electron chi connectivity index (χ2n) is 6.71. The minimum atomic E-state index is -1.02. The van der Waals surface area contributed by atoms with Gasteiger partial charge in [-0.2, -0.15) is 0 Å². The second-order valence-corrected chi connectivity index (χ2v) is 8.60. The highest BCUT2D eigenvalue weighted by atomic mass is 35.5. The van der Waals surface area contributed by atoms with Crippen LogP contribution in [0.25, 0.3) is 0 Å². The lowest BCUT2D eigenvalue weighted by molar-refractivity contribution is -0.137. The Bertz CT molecular complexity index is 892. The van der Waals surface area contributed by atoms with Gasteiger partial charge in [-0.3, -0.25) is 0 Å². The number of benzene rings is 2. The maximum atomic E-state index is 12.7. The molecule has 0 aliphatic carbocycles. The molecule has 0 bridgehead atoms. The van der Waals surface area contributed by atoms with E-state index in [0.29, 0.717) is 0 Å². The van der Waals surface area contributed by atoms with Crippen molar-refractivity contribution in [1.82, 2.24) is 5.32 Å². The van der Waals surface area contributed by atoms with Crippen molar-refractivity contribution in [2.75, 3.05) is 0 Å². The Labute approximate surface area is 199 Å². The van der Waals surface area contributed by atoms with E-state index in [1.165, 1.54) is 0 Å². The Balaban J connectivity index is 2.13. The highest BCUT2D eigenvalue weighted by Gasteiger charge is 2.28. The zero-order valence-corrected chi connectivity index (χ0v) is 19.8. The van der Waals surface area contributed by atoms with Gasteiger partial charge in [0.25, 0.3) is 0 Å². The van der Waals surface area contributed by atoms with Gasteiger partial charge in [0.15, 0.2) is 5.75 Å². The summed E-state index contributed by atoms with van der Waals surface area (Å²) in [5, 5.41) is 1.90. The first-order valence-electron chi connectivity index (χ1n) is 8.82. The van der Waals surface area contributed by atoms with E-state index in [1.807, 2.05) is 44.2 Å². The molecule has 0 radical (unpaired) electrons. The molecule has 0 fully saturated rings. The third-order valence-electron chi connectivity index (χ3n) is 3.87. The summed E-state index contributed by atoms with van der Waals surface area (Å²) in [7, 11) is 0. The van der Waals surface area contributed by atoms with Crippen LogP contribution in [-0.4, -0.2) is 18.1 Å². The molecule has 0 saturated heterocycles. The first-order valence-corrected chi connectivity index (χ1v) is 10.7. The van der Waals surface area contributed by atoms with Gasteiger partial charge in [0, 0.05) is 0 Å².